The van der Waals surface area contributed by atoms with Gasteiger partial charge in [0.25, 0.3) is 0 Å². The van der Waals surface area contributed by atoms with Gasteiger partial charge in [-0.2, -0.15) is 0 Å². The van der Waals surface area contributed by atoms with E-state index >= 15 is 0 Å². The number of phenols is 1. The summed E-state index contributed by atoms with van der Waals surface area (Å²) < 4.78 is 12.1. The molecule has 0 aliphatic carbocycles. The molecule has 4 nitrogen and oxygen atoms in total. The van der Waals surface area contributed by atoms with Crippen LogP contribution in [-0.4, -0.2) is 42.9 Å². The van der Waals surface area contributed by atoms with E-state index in [4.69, 9.17) is 9.47 Å². The van der Waals surface area contributed by atoms with Crippen LogP contribution >= 0.6 is 0 Å². The molecule has 3 aromatic rings. The predicted octanol–water partition coefficient (Wildman–Crippen LogP) is 5.42. The fraction of sp³-hybridized carbons (Fsp3) is 0.333. The van der Waals surface area contributed by atoms with Crippen molar-refractivity contribution in [3.8, 4) is 17.2 Å². The average Bonchev–Trinajstić information content (AvgIpc) is 2.82. The van der Waals surface area contributed by atoms with Crippen molar-refractivity contribution in [1.82, 2.24) is 4.90 Å². The van der Waals surface area contributed by atoms with Crippen molar-refractivity contribution < 1.29 is 14.6 Å². The highest BCUT2D eigenvalue weighted by Crippen LogP contribution is 2.47. The molecule has 4 heteroatoms. The van der Waals surface area contributed by atoms with E-state index in [-0.39, 0.29) is 17.6 Å². The smallest absolute Gasteiger partial charge is 0.123 e. The first-order valence-electron chi connectivity index (χ1n) is 11.1. The molecule has 1 heterocycles. The molecule has 0 spiro atoms. The van der Waals surface area contributed by atoms with E-state index in [1.807, 2.05) is 18.2 Å². The normalized spacial score (nSPS) is 17.8. The molecule has 0 amide bonds. The third kappa shape index (κ3) is 4.86. The molecule has 0 fully saturated rings. The lowest BCUT2D eigenvalue weighted by Crippen LogP contribution is -2.27. The Bertz CT molecular complexity index is 968. The minimum absolute atomic E-state index is 0.1000. The third-order valence-corrected chi connectivity index (χ3v) is 6.19. The molecular weight excluding hydrogens is 386 g/mol. The van der Waals surface area contributed by atoms with E-state index in [1.165, 1.54) is 11.1 Å². The number of phenolic OH excluding ortho intramolecular Hbond substituents is 1. The van der Waals surface area contributed by atoms with Crippen LogP contribution in [0.15, 0.2) is 72.8 Å². The van der Waals surface area contributed by atoms with Gasteiger partial charge < -0.3 is 19.5 Å². The van der Waals surface area contributed by atoms with Gasteiger partial charge in [0.05, 0.1) is 6.61 Å². The number of fused-ring (bicyclic) bond motifs is 1. The van der Waals surface area contributed by atoms with Gasteiger partial charge in [-0.25, -0.2) is 0 Å². The number of benzene rings is 3. The van der Waals surface area contributed by atoms with Crippen LogP contribution in [0.5, 0.6) is 17.2 Å². The summed E-state index contributed by atoms with van der Waals surface area (Å²) in [4.78, 5) is 2.35. The van der Waals surface area contributed by atoms with Crippen molar-refractivity contribution in [3.63, 3.8) is 0 Å². The van der Waals surface area contributed by atoms with Crippen LogP contribution in [0.1, 0.15) is 42.4 Å². The van der Waals surface area contributed by atoms with Crippen molar-refractivity contribution in [2.75, 3.05) is 32.8 Å². The molecule has 4 rings (SSSR count). The first-order chi connectivity index (χ1) is 15.2. The van der Waals surface area contributed by atoms with Crippen molar-refractivity contribution in [3.05, 3.63) is 89.5 Å². The van der Waals surface area contributed by atoms with Gasteiger partial charge in [0.1, 0.15) is 23.9 Å². The maximum absolute atomic E-state index is 10.2. The molecule has 1 unspecified atom stereocenters. The molecule has 0 radical (unpaired) electrons. The van der Waals surface area contributed by atoms with E-state index in [2.05, 4.69) is 67.3 Å². The summed E-state index contributed by atoms with van der Waals surface area (Å²) in [5.74, 6) is 2.26. The minimum atomic E-state index is 0.1000. The first-order valence-corrected chi connectivity index (χ1v) is 11.1. The molecule has 0 aromatic heterocycles. The van der Waals surface area contributed by atoms with Crippen LogP contribution in [0, 0.1) is 0 Å². The predicted molar refractivity (Wildman–Crippen MR) is 124 cm³/mol. The van der Waals surface area contributed by atoms with E-state index in [9.17, 15) is 5.11 Å². The maximum Gasteiger partial charge on any atom is 0.123 e. The van der Waals surface area contributed by atoms with Crippen LogP contribution in [0.2, 0.25) is 0 Å². The lowest BCUT2D eigenvalue weighted by molar-refractivity contribution is 0.222. The molecule has 0 bridgehead atoms. The Labute approximate surface area is 185 Å². The number of ether oxygens (including phenoxy) is 2. The molecular formula is C27H31NO3. The zero-order valence-corrected chi connectivity index (χ0v) is 18.3. The van der Waals surface area contributed by atoms with Crippen LogP contribution in [0.4, 0.5) is 0 Å². The Morgan fingerprint density at radius 2 is 1.68 bits per heavy atom. The summed E-state index contributed by atoms with van der Waals surface area (Å²) in [6.45, 7) is 8.63. The van der Waals surface area contributed by atoms with Crippen molar-refractivity contribution >= 4 is 0 Å². The van der Waals surface area contributed by atoms with Gasteiger partial charge in [-0.3, -0.25) is 0 Å². The van der Waals surface area contributed by atoms with E-state index in [0.717, 1.165) is 36.7 Å². The molecule has 0 saturated heterocycles. The van der Waals surface area contributed by atoms with Gasteiger partial charge in [-0.1, -0.05) is 56.3 Å². The average molecular weight is 418 g/mol. The second kappa shape index (κ2) is 9.88. The minimum Gasteiger partial charge on any atom is -0.508 e. The van der Waals surface area contributed by atoms with Gasteiger partial charge in [-0.05, 0) is 54.5 Å². The van der Waals surface area contributed by atoms with Crippen LogP contribution in [-0.2, 0) is 0 Å². The third-order valence-electron chi connectivity index (χ3n) is 6.19. The van der Waals surface area contributed by atoms with Crippen molar-refractivity contribution in [2.45, 2.75) is 25.7 Å². The summed E-state index contributed by atoms with van der Waals surface area (Å²) in [6, 6.07) is 24.3. The highest BCUT2D eigenvalue weighted by atomic mass is 16.5. The van der Waals surface area contributed by atoms with E-state index < -0.39 is 0 Å². The van der Waals surface area contributed by atoms with Gasteiger partial charge in [0.2, 0.25) is 0 Å². The molecule has 0 saturated carbocycles. The molecule has 162 valence electrons. The second-order valence-corrected chi connectivity index (χ2v) is 7.97. The molecule has 1 aliphatic rings. The summed E-state index contributed by atoms with van der Waals surface area (Å²) in [5, 5.41) is 10.2. The highest BCUT2D eigenvalue weighted by molar-refractivity contribution is 5.51. The molecule has 2 atom stereocenters. The van der Waals surface area contributed by atoms with Crippen LogP contribution < -0.4 is 9.47 Å². The van der Waals surface area contributed by atoms with E-state index in [1.54, 1.807) is 6.07 Å². The Morgan fingerprint density at radius 3 is 2.39 bits per heavy atom. The number of hydrogen-bond acceptors (Lipinski definition) is 4. The Balaban J connectivity index is 1.59. The van der Waals surface area contributed by atoms with E-state index in [0.29, 0.717) is 13.2 Å². The fourth-order valence-corrected chi connectivity index (χ4v) is 4.41. The lowest BCUT2D eigenvalue weighted by Gasteiger charge is -2.34. The zero-order valence-electron chi connectivity index (χ0n) is 18.3. The fourth-order valence-electron chi connectivity index (χ4n) is 4.41. The van der Waals surface area contributed by atoms with Gasteiger partial charge in [0, 0.05) is 23.9 Å². The number of nitrogens with zero attached hydrogens (tertiary/aromatic N) is 1. The summed E-state index contributed by atoms with van der Waals surface area (Å²) in [5.41, 5.74) is 3.46. The Morgan fingerprint density at radius 1 is 0.935 bits per heavy atom. The quantitative estimate of drug-likeness (QED) is 0.531. The monoisotopic (exact) mass is 417 g/mol. The van der Waals surface area contributed by atoms with Gasteiger partial charge in [0.15, 0.2) is 0 Å². The number of rotatable bonds is 8. The summed E-state index contributed by atoms with van der Waals surface area (Å²) in [7, 11) is 0. The SMILES string of the molecule is CCN(CC)CCOc1ccc(C2c3cc(O)ccc3OC[C@@H]2c2ccccc2)cc1. The second-order valence-electron chi connectivity index (χ2n) is 7.97. The number of aromatic hydroxyl groups is 1. The first kappa shape index (κ1) is 21.3. The maximum atomic E-state index is 10.2. The van der Waals surface area contributed by atoms with Gasteiger partial charge in [-0.15, -0.1) is 0 Å². The molecule has 1 N–H and O–H groups in total. The molecule has 3 aromatic carbocycles. The Kier molecular flexibility index (Phi) is 6.78. The van der Waals surface area contributed by atoms with Crippen molar-refractivity contribution in [1.29, 1.82) is 0 Å². The topological polar surface area (TPSA) is 41.9 Å². The highest BCUT2D eigenvalue weighted by Gasteiger charge is 2.33. The summed E-state index contributed by atoms with van der Waals surface area (Å²) in [6.07, 6.45) is 0. The Hall–Kier alpha value is -2.98. The van der Waals surface area contributed by atoms with Crippen LogP contribution in [0.3, 0.4) is 0 Å². The molecule has 1 aliphatic heterocycles. The number of likely N-dealkylation sites (N-methyl/N-ethyl adjacent to an activating group) is 1. The van der Waals surface area contributed by atoms with Crippen LogP contribution in [0.25, 0.3) is 0 Å². The van der Waals surface area contributed by atoms with Crippen molar-refractivity contribution in [2.24, 2.45) is 0 Å². The number of hydrogen-bond donors (Lipinski definition) is 1. The zero-order chi connectivity index (χ0) is 21.6. The van der Waals surface area contributed by atoms with Gasteiger partial charge >= 0.3 is 0 Å². The lowest BCUT2D eigenvalue weighted by atomic mass is 9.76. The largest absolute Gasteiger partial charge is 0.508 e. The standard InChI is InChI=1S/C27H31NO3/c1-3-28(4-2)16-17-30-23-13-10-21(11-14-23)27-24-18-22(29)12-15-26(24)31-19-25(27)20-8-6-5-7-9-20/h5-15,18,25,27,29H,3-4,16-17,19H2,1-2H3/t25-,27?/m1/s1. The summed E-state index contributed by atoms with van der Waals surface area (Å²) >= 11 is 0. The molecule has 31 heavy (non-hydrogen) atoms.